The zero-order valence-corrected chi connectivity index (χ0v) is 10.6. The Labute approximate surface area is 108 Å². The number of halogens is 1. The molecule has 0 aromatic heterocycles. The Morgan fingerprint density at radius 3 is 2.35 bits per heavy atom. The van der Waals surface area contributed by atoms with Crippen molar-refractivity contribution in [2.24, 2.45) is 4.99 Å². The lowest BCUT2D eigenvalue weighted by molar-refractivity contribution is 0.100. The Kier molecular flexibility index (Phi) is 3.83. The van der Waals surface area contributed by atoms with Crippen LogP contribution in [0.2, 0.25) is 0 Å². The number of hydrogen-bond donors (Lipinski definition) is 0. The number of nitrogens with zero attached hydrogens (tertiary/aromatic N) is 1. The van der Waals surface area contributed by atoms with Gasteiger partial charge in [-0.1, -0.05) is 52.3 Å². The number of benzene rings is 2. The number of carbonyl (C=O) groups excluding carboxylic acids is 1. The average molecular weight is 288 g/mol. The Hall–Kier alpha value is -1.74. The summed E-state index contributed by atoms with van der Waals surface area (Å²) in [4.78, 5) is 15.6. The van der Waals surface area contributed by atoms with Gasteiger partial charge >= 0.3 is 0 Å². The Morgan fingerprint density at radius 1 is 1.00 bits per heavy atom. The molecule has 0 aliphatic rings. The molecule has 0 saturated heterocycles. The number of hydrogen-bond acceptors (Lipinski definition) is 1. The van der Waals surface area contributed by atoms with Gasteiger partial charge in [-0.25, -0.2) is 4.99 Å². The quantitative estimate of drug-likeness (QED) is 0.775. The molecule has 2 rings (SSSR count). The van der Waals surface area contributed by atoms with E-state index in [0.29, 0.717) is 5.56 Å². The molecule has 0 N–H and O–H groups in total. The van der Waals surface area contributed by atoms with Gasteiger partial charge in [0.15, 0.2) is 0 Å². The molecular weight excluding hydrogens is 278 g/mol. The summed E-state index contributed by atoms with van der Waals surface area (Å²) in [6.07, 6.45) is 1.57. The predicted molar refractivity (Wildman–Crippen MR) is 72.5 cm³/mol. The second-order valence-corrected chi connectivity index (χ2v) is 4.31. The lowest BCUT2D eigenvalue weighted by Gasteiger charge is -1.96. The molecule has 0 heterocycles. The van der Waals surface area contributed by atoms with Crippen LogP contribution in [-0.2, 0) is 0 Å². The minimum atomic E-state index is -0.235. The van der Waals surface area contributed by atoms with Gasteiger partial charge < -0.3 is 0 Å². The number of carbonyl (C=O) groups is 1. The van der Waals surface area contributed by atoms with Gasteiger partial charge in [0.25, 0.3) is 5.91 Å². The highest BCUT2D eigenvalue weighted by Crippen LogP contribution is 2.13. The molecule has 0 bridgehead atoms. The molecule has 0 atom stereocenters. The molecule has 0 aliphatic heterocycles. The van der Waals surface area contributed by atoms with E-state index in [0.717, 1.165) is 10.0 Å². The summed E-state index contributed by atoms with van der Waals surface area (Å²) in [6, 6.07) is 16.6. The van der Waals surface area contributed by atoms with Crippen molar-refractivity contribution >= 4 is 28.1 Å². The number of aliphatic imine (C=N–C) groups is 1. The molecule has 0 radical (unpaired) electrons. The molecule has 0 fully saturated rings. The first-order chi connectivity index (χ1) is 8.27. The maximum Gasteiger partial charge on any atom is 0.276 e. The highest BCUT2D eigenvalue weighted by molar-refractivity contribution is 9.10. The van der Waals surface area contributed by atoms with Crippen LogP contribution in [-0.4, -0.2) is 12.1 Å². The molecule has 1 amide bonds. The van der Waals surface area contributed by atoms with Gasteiger partial charge in [-0.2, -0.15) is 0 Å². The average Bonchev–Trinajstić information content (AvgIpc) is 2.38. The molecule has 84 valence electrons. The van der Waals surface area contributed by atoms with E-state index in [-0.39, 0.29) is 5.91 Å². The third kappa shape index (κ3) is 3.11. The van der Waals surface area contributed by atoms with Gasteiger partial charge in [0.2, 0.25) is 0 Å². The third-order valence-electron chi connectivity index (χ3n) is 2.25. The summed E-state index contributed by atoms with van der Waals surface area (Å²) < 4.78 is 0.921. The van der Waals surface area contributed by atoms with Crippen molar-refractivity contribution in [2.75, 3.05) is 0 Å². The second-order valence-electron chi connectivity index (χ2n) is 3.45. The van der Waals surface area contributed by atoms with Gasteiger partial charge in [0.1, 0.15) is 0 Å². The van der Waals surface area contributed by atoms with Gasteiger partial charge in [0.05, 0.1) is 0 Å². The summed E-state index contributed by atoms with van der Waals surface area (Å²) >= 11 is 3.40. The summed E-state index contributed by atoms with van der Waals surface area (Å²) in [7, 11) is 0. The van der Waals surface area contributed by atoms with Gasteiger partial charge in [-0.15, -0.1) is 0 Å². The largest absolute Gasteiger partial charge is 0.276 e. The van der Waals surface area contributed by atoms with Crippen molar-refractivity contribution in [1.29, 1.82) is 0 Å². The summed E-state index contributed by atoms with van der Waals surface area (Å²) in [5.41, 5.74) is 1.48. The molecule has 3 heteroatoms. The van der Waals surface area contributed by atoms with E-state index in [1.54, 1.807) is 18.3 Å². The zero-order chi connectivity index (χ0) is 12.1. The summed E-state index contributed by atoms with van der Waals surface area (Å²) in [5, 5.41) is 0. The van der Waals surface area contributed by atoms with Crippen LogP contribution in [0, 0.1) is 0 Å². The van der Waals surface area contributed by atoms with Gasteiger partial charge in [0, 0.05) is 21.8 Å². The van der Waals surface area contributed by atoms with Crippen molar-refractivity contribution in [3.63, 3.8) is 0 Å². The van der Waals surface area contributed by atoms with Crippen molar-refractivity contribution in [1.82, 2.24) is 0 Å². The van der Waals surface area contributed by atoms with E-state index in [4.69, 9.17) is 0 Å². The first kappa shape index (κ1) is 11.7. The molecule has 0 saturated carbocycles. The van der Waals surface area contributed by atoms with Crippen LogP contribution in [0.1, 0.15) is 15.9 Å². The Morgan fingerprint density at radius 2 is 1.65 bits per heavy atom. The van der Waals surface area contributed by atoms with E-state index < -0.39 is 0 Å². The van der Waals surface area contributed by atoms with E-state index in [9.17, 15) is 4.79 Å². The molecule has 2 aromatic rings. The van der Waals surface area contributed by atoms with E-state index in [1.807, 2.05) is 42.5 Å². The minimum Gasteiger partial charge on any atom is -0.267 e. The normalized spacial score (nSPS) is 10.6. The number of amides is 1. The smallest absolute Gasteiger partial charge is 0.267 e. The molecule has 17 heavy (non-hydrogen) atoms. The SMILES string of the molecule is O=C(N=Cc1ccccc1Br)c1ccccc1. The van der Waals surface area contributed by atoms with Crippen molar-refractivity contribution in [2.45, 2.75) is 0 Å². The highest BCUT2D eigenvalue weighted by atomic mass is 79.9. The van der Waals surface area contributed by atoms with Gasteiger partial charge in [-0.05, 0) is 18.2 Å². The highest BCUT2D eigenvalue weighted by Gasteiger charge is 2.01. The van der Waals surface area contributed by atoms with Crippen LogP contribution in [0.3, 0.4) is 0 Å². The number of rotatable bonds is 2. The van der Waals surface area contributed by atoms with Crippen molar-refractivity contribution in [3.8, 4) is 0 Å². The third-order valence-corrected chi connectivity index (χ3v) is 2.97. The van der Waals surface area contributed by atoms with Crippen LogP contribution in [0.4, 0.5) is 0 Å². The van der Waals surface area contributed by atoms with Crippen molar-refractivity contribution in [3.05, 3.63) is 70.2 Å². The van der Waals surface area contributed by atoms with E-state index in [1.165, 1.54) is 0 Å². The molecule has 0 aliphatic carbocycles. The fraction of sp³-hybridized carbons (Fsp3) is 0. The predicted octanol–water partition coefficient (Wildman–Crippen LogP) is 3.71. The minimum absolute atomic E-state index is 0.235. The Bertz CT molecular complexity index is 549. The van der Waals surface area contributed by atoms with Crippen LogP contribution in [0.5, 0.6) is 0 Å². The zero-order valence-electron chi connectivity index (χ0n) is 9.01. The molecule has 2 nitrogen and oxygen atoms in total. The summed E-state index contributed by atoms with van der Waals surface area (Å²) in [6.45, 7) is 0. The molecule has 2 aromatic carbocycles. The van der Waals surface area contributed by atoms with E-state index >= 15 is 0 Å². The molecule has 0 unspecified atom stereocenters. The maximum absolute atomic E-state index is 11.7. The van der Waals surface area contributed by atoms with Crippen molar-refractivity contribution < 1.29 is 4.79 Å². The topological polar surface area (TPSA) is 29.4 Å². The standard InChI is InChI=1S/C14H10BrNO/c15-13-9-5-4-8-12(13)10-16-14(17)11-6-2-1-3-7-11/h1-10H. The summed E-state index contributed by atoms with van der Waals surface area (Å²) in [5.74, 6) is -0.235. The lowest BCUT2D eigenvalue weighted by atomic mass is 10.2. The first-order valence-corrected chi connectivity index (χ1v) is 5.94. The molecular formula is C14H10BrNO. The van der Waals surface area contributed by atoms with Crippen LogP contribution < -0.4 is 0 Å². The van der Waals surface area contributed by atoms with Crippen LogP contribution in [0.25, 0.3) is 0 Å². The Balaban J connectivity index is 2.17. The fourth-order valence-corrected chi connectivity index (χ4v) is 1.75. The first-order valence-electron chi connectivity index (χ1n) is 5.15. The van der Waals surface area contributed by atoms with Crippen LogP contribution >= 0.6 is 15.9 Å². The fourth-order valence-electron chi connectivity index (χ4n) is 1.36. The second kappa shape index (κ2) is 5.55. The monoisotopic (exact) mass is 287 g/mol. The van der Waals surface area contributed by atoms with Crippen LogP contribution in [0.15, 0.2) is 64.1 Å². The van der Waals surface area contributed by atoms with Gasteiger partial charge in [-0.3, -0.25) is 4.79 Å². The maximum atomic E-state index is 11.7. The molecule has 0 spiro atoms. The lowest BCUT2D eigenvalue weighted by Crippen LogP contribution is -1.95. The van der Waals surface area contributed by atoms with E-state index in [2.05, 4.69) is 20.9 Å².